The van der Waals surface area contributed by atoms with Gasteiger partial charge in [0.15, 0.2) is 11.6 Å². The number of rotatable bonds is 3. The maximum absolute atomic E-state index is 14.1. The molecule has 2 fully saturated rings. The van der Waals surface area contributed by atoms with Gasteiger partial charge in [-0.05, 0) is 55.6 Å². The number of hydrogen-bond acceptors (Lipinski definition) is 5. The van der Waals surface area contributed by atoms with E-state index in [0.717, 1.165) is 25.3 Å². The van der Waals surface area contributed by atoms with Crippen LogP contribution in [0.15, 0.2) is 47.4 Å². The summed E-state index contributed by atoms with van der Waals surface area (Å²) in [4.78, 5) is 19.7. The summed E-state index contributed by atoms with van der Waals surface area (Å²) in [6, 6.07) is 10.4. The first kappa shape index (κ1) is 18.1. The molecule has 1 aromatic carbocycles. The Hall–Kier alpha value is -2.93. The Kier molecular flexibility index (Phi) is 4.47. The lowest BCUT2D eigenvalue weighted by Gasteiger charge is -2.24. The van der Waals surface area contributed by atoms with Crippen molar-refractivity contribution in [3.63, 3.8) is 0 Å². The molecule has 3 aromatic rings. The van der Waals surface area contributed by atoms with Gasteiger partial charge in [-0.15, -0.1) is 0 Å². The lowest BCUT2D eigenvalue weighted by molar-refractivity contribution is 0.340. The van der Waals surface area contributed by atoms with Gasteiger partial charge in [-0.3, -0.25) is 9.20 Å². The number of pyridine rings is 1. The zero-order valence-electron chi connectivity index (χ0n) is 16.3. The summed E-state index contributed by atoms with van der Waals surface area (Å²) in [5.74, 6) is 0.352. The number of halogens is 1. The number of fused-ring (bicyclic) bond motifs is 2. The number of ether oxygens (including phenoxy) is 1. The van der Waals surface area contributed by atoms with E-state index >= 15 is 0 Å². The first-order valence-corrected chi connectivity index (χ1v) is 9.98. The van der Waals surface area contributed by atoms with E-state index in [1.54, 1.807) is 10.5 Å². The summed E-state index contributed by atoms with van der Waals surface area (Å²) >= 11 is 0. The van der Waals surface area contributed by atoms with Gasteiger partial charge in [-0.25, -0.2) is 9.37 Å². The monoisotopic (exact) mass is 394 g/mol. The third-order valence-electron chi connectivity index (χ3n) is 6.06. The van der Waals surface area contributed by atoms with Crippen molar-refractivity contribution in [2.75, 3.05) is 31.6 Å². The Bertz CT molecular complexity index is 1120. The molecule has 0 unspecified atom stereocenters. The molecule has 2 atom stereocenters. The molecule has 29 heavy (non-hydrogen) atoms. The normalized spacial score (nSPS) is 21.4. The molecule has 2 saturated heterocycles. The van der Waals surface area contributed by atoms with Crippen molar-refractivity contribution < 1.29 is 9.13 Å². The third-order valence-corrected chi connectivity index (χ3v) is 6.06. The van der Waals surface area contributed by atoms with Crippen LogP contribution in [0.25, 0.3) is 16.9 Å². The van der Waals surface area contributed by atoms with Crippen molar-refractivity contribution >= 4 is 11.3 Å². The molecule has 1 N–H and O–H groups in total. The van der Waals surface area contributed by atoms with Gasteiger partial charge in [0.25, 0.3) is 5.56 Å². The lowest BCUT2D eigenvalue weighted by Crippen LogP contribution is -2.40. The molecule has 0 spiro atoms. The Labute approximate surface area is 167 Å². The predicted octanol–water partition coefficient (Wildman–Crippen LogP) is 2.70. The van der Waals surface area contributed by atoms with Crippen LogP contribution in [0.2, 0.25) is 0 Å². The number of anilines is 1. The fourth-order valence-corrected chi connectivity index (χ4v) is 4.51. The molecule has 0 aliphatic carbocycles. The minimum absolute atomic E-state index is 0.163. The summed E-state index contributed by atoms with van der Waals surface area (Å²) in [6.07, 6.45) is 4.34. The van der Waals surface area contributed by atoms with E-state index in [1.165, 1.54) is 38.2 Å². The van der Waals surface area contributed by atoms with Gasteiger partial charge in [0, 0.05) is 37.0 Å². The van der Waals surface area contributed by atoms with Crippen LogP contribution < -0.4 is 20.5 Å². The second kappa shape index (κ2) is 7.15. The molecule has 2 aromatic heterocycles. The van der Waals surface area contributed by atoms with E-state index < -0.39 is 5.82 Å². The molecule has 150 valence electrons. The fraction of sp³-hybridized carbons (Fsp3) is 0.364. The number of methoxy groups -OCH3 is 1. The number of aromatic nitrogens is 2. The Morgan fingerprint density at radius 1 is 1.21 bits per heavy atom. The van der Waals surface area contributed by atoms with Crippen LogP contribution >= 0.6 is 0 Å². The minimum Gasteiger partial charge on any atom is -0.494 e. The number of nitrogens with zero attached hydrogens (tertiary/aromatic N) is 3. The van der Waals surface area contributed by atoms with E-state index in [1.807, 2.05) is 18.3 Å². The van der Waals surface area contributed by atoms with Crippen molar-refractivity contribution in [2.24, 2.45) is 5.92 Å². The Balaban J connectivity index is 1.48. The van der Waals surface area contributed by atoms with Crippen molar-refractivity contribution in [2.45, 2.75) is 18.9 Å². The molecule has 2 aliphatic heterocycles. The van der Waals surface area contributed by atoms with Crippen LogP contribution in [0.4, 0.5) is 10.1 Å². The lowest BCUT2D eigenvalue weighted by atomic mass is 9.94. The van der Waals surface area contributed by atoms with Crippen LogP contribution in [0, 0.1) is 11.7 Å². The standard InChI is InChI=1S/C22H23FN4O2/c1-29-20-6-4-14(9-17(20)23)18-10-22(28)27-12-16(5-7-21(27)25-18)26-11-15-3-2-8-24-19(15)13-26/h4-7,9-10,12,15,19,24H,2-3,8,11,13H2,1H3/t15-,19+/m1/s1. The second-order valence-electron chi connectivity index (χ2n) is 7.81. The molecular weight excluding hydrogens is 371 g/mol. The molecule has 0 saturated carbocycles. The summed E-state index contributed by atoms with van der Waals surface area (Å²) < 4.78 is 20.6. The molecule has 0 bridgehead atoms. The largest absolute Gasteiger partial charge is 0.494 e. The number of benzene rings is 1. The first-order chi connectivity index (χ1) is 14.1. The first-order valence-electron chi connectivity index (χ1n) is 9.98. The van der Waals surface area contributed by atoms with Gasteiger partial charge in [-0.2, -0.15) is 0 Å². The molecule has 2 aliphatic rings. The third kappa shape index (κ3) is 3.25. The maximum Gasteiger partial charge on any atom is 0.258 e. The van der Waals surface area contributed by atoms with Crippen molar-refractivity contribution in [1.29, 1.82) is 0 Å². The van der Waals surface area contributed by atoms with Gasteiger partial charge >= 0.3 is 0 Å². The number of nitrogens with one attached hydrogen (secondary N) is 1. The van der Waals surface area contributed by atoms with E-state index in [-0.39, 0.29) is 11.3 Å². The maximum atomic E-state index is 14.1. The van der Waals surface area contributed by atoms with Crippen LogP contribution in [0.3, 0.4) is 0 Å². The highest BCUT2D eigenvalue weighted by atomic mass is 19.1. The second-order valence-corrected chi connectivity index (χ2v) is 7.81. The molecular formula is C22H23FN4O2. The highest BCUT2D eigenvalue weighted by Crippen LogP contribution is 2.29. The van der Waals surface area contributed by atoms with Crippen molar-refractivity contribution in [3.05, 3.63) is 58.8 Å². The summed E-state index contributed by atoms with van der Waals surface area (Å²) in [6.45, 7) is 3.06. The Morgan fingerprint density at radius 3 is 2.90 bits per heavy atom. The van der Waals surface area contributed by atoms with Gasteiger partial charge in [0.05, 0.1) is 18.5 Å². The summed E-state index contributed by atoms with van der Waals surface area (Å²) in [7, 11) is 1.42. The van der Waals surface area contributed by atoms with Crippen LogP contribution in [0.5, 0.6) is 5.75 Å². The molecule has 6 nitrogen and oxygen atoms in total. The van der Waals surface area contributed by atoms with Crippen molar-refractivity contribution in [1.82, 2.24) is 14.7 Å². The average molecular weight is 394 g/mol. The van der Waals surface area contributed by atoms with Gasteiger partial charge in [-0.1, -0.05) is 0 Å². The summed E-state index contributed by atoms with van der Waals surface area (Å²) in [5, 5.41) is 3.61. The zero-order valence-corrected chi connectivity index (χ0v) is 16.3. The zero-order chi connectivity index (χ0) is 20.0. The smallest absolute Gasteiger partial charge is 0.258 e. The topological polar surface area (TPSA) is 58.9 Å². The van der Waals surface area contributed by atoms with Gasteiger partial charge in [0.2, 0.25) is 0 Å². The van der Waals surface area contributed by atoms with Gasteiger partial charge in [0.1, 0.15) is 5.65 Å². The van der Waals surface area contributed by atoms with Crippen LogP contribution in [0.1, 0.15) is 12.8 Å². The van der Waals surface area contributed by atoms with Crippen molar-refractivity contribution in [3.8, 4) is 17.0 Å². The number of piperidine rings is 1. The quantitative estimate of drug-likeness (QED) is 0.740. The van der Waals surface area contributed by atoms with Crippen LogP contribution in [-0.4, -0.2) is 42.2 Å². The van der Waals surface area contributed by atoms with Gasteiger partial charge < -0.3 is 15.0 Å². The predicted molar refractivity (Wildman–Crippen MR) is 110 cm³/mol. The Morgan fingerprint density at radius 2 is 2.10 bits per heavy atom. The average Bonchev–Trinajstić information content (AvgIpc) is 3.17. The number of hydrogen-bond donors (Lipinski definition) is 1. The molecule has 4 heterocycles. The molecule has 0 radical (unpaired) electrons. The molecule has 7 heteroatoms. The van der Waals surface area contributed by atoms with E-state index in [9.17, 15) is 9.18 Å². The minimum atomic E-state index is -0.480. The summed E-state index contributed by atoms with van der Waals surface area (Å²) in [5.41, 5.74) is 2.38. The van der Waals surface area contributed by atoms with E-state index in [0.29, 0.717) is 28.9 Å². The van der Waals surface area contributed by atoms with E-state index in [2.05, 4.69) is 15.2 Å². The SMILES string of the molecule is COc1ccc(-c2cc(=O)n3cc(N4C[C@H]5CCCN[C@H]5C4)ccc3n2)cc1F. The highest BCUT2D eigenvalue weighted by molar-refractivity contribution is 5.63. The molecule has 5 rings (SSSR count). The highest BCUT2D eigenvalue weighted by Gasteiger charge is 2.34. The molecule has 0 amide bonds. The fourth-order valence-electron chi connectivity index (χ4n) is 4.51. The van der Waals surface area contributed by atoms with Crippen LogP contribution in [-0.2, 0) is 0 Å². The van der Waals surface area contributed by atoms with E-state index in [4.69, 9.17) is 4.74 Å².